The molecule has 0 saturated heterocycles. The van der Waals surface area contributed by atoms with Gasteiger partial charge in [-0.05, 0) is 0 Å². The third kappa shape index (κ3) is 5.41. The van der Waals surface area contributed by atoms with Gasteiger partial charge in [0, 0.05) is 22.3 Å². The second kappa shape index (κ2) is 8.47. The van der Waals surface area contributed by atoms with Gasteiger partial charge in [0.25, 0.3) is 0 Å². The minimum absolute atomic E-state index is 0. The molecule has 3 rings (SSSR count). The Morgan fingerprint density at radius 2 is 0.708 bits per heavy atom. The fraction of sp³-hybridized carbons (Fsp3) is 0.400. The fourth-order valence-corrected chi connectivity index (χ4v) is 3.69. The molecule has 0 atom stereocenters. The number of quaternary nitrogens is 2. The highest BCUT2D eigenvalue weighted by molar-refractivity contribution is 14.0. The molecule has 0 bridgehead atoms. The van der Waals surface area contributed by atoms with Crippen molar-refractivity contribution in [2.45, 2.75) is 26.2 Å². The topological polar surface area (TPSA) is 0 Å². The molecule has 2 aromatic rings. The Morgan fingerprint density at radius 3 is 0.917 bits per heavy atom. The van der Waals surface area contributed by atoms with Crippen LogP contribution in [-0.2, 0) is 26.2 Å². The summed E-state index contributed by atoms with van der Waals surface area (Å²) < 4.78 is 2.00. The normalized spacial score (nSPS) is 18.2. The van der Waals surface area contributed by atoms with Crippen LogP contribution in [0.25, 0.3) is 0 Å². The molecule has 132 valence electrons. The molecule has 2 nitrogen and oxygen atoms in total. The quantitative estimate of drug-likeness (QED) is 0.326. The third-order valence-electron chi connectivity index (χ3n) is 4.63. The van der Waals surface area contributed by atoms with Gasteiger partial charge in [0.05, 0.1) is 28.2 Å². The molecule has 0 amide bonds. The zero-order chi connectivity index (χ0) is 15.8. The Hall–Kier alpha value is -0.180. The van der Waals surface area contributed by atoms with Gasteiger partial charge in [0.2, 0.25) is 0 Å². The highest BCUT2D eigenvalue weighted by atomic mass is 127. The van der Waals surface area contributed by atoms with Crippen LogP contribution in [0.15, 0.2) is 48.5 Å². The first-order valence-corrected chi connectivity index (χ1v) is 8.12. The Balaban J connectivity index is 0.00000144. The maximum Gasteiger partial charge on any atom is 0.105 e. The van der Waals surface area contributed by atoms with Crippen LogP contribution in [0.1, 0.15) is 22.3 Å². The van der Waals surface area contributed by atoms with Gasteiger partial charge in [0.1, 0.15) is 26.2 Å². The molecule has 4 heteroatoms. The minimum atomic E-state index is 0. The van der Waals surface area contributed by atoms with E-state index in [9.17, 15) is 0 Å². The maximum absolute atomic E-state index is 2.34. The van der Waals surface area contributed by atoms with Gasteiger partial charge >= 0.3 is 0 Å². The Labute approximate surface area is 181 Å². The maximum atomic E-state index is 2.34. The van der Waals surface area contributed by atoms with E-state index in [2.05, 4.69) is 76.7 Å². The third-order valence-corrected chi connectivity index (χ3v) is 4.63. The van der Waals surface area contributed by atoms with E-state index in [0.29, 0.717) is 0 Å². The lowest BCUT2D eigenvalue weighted by Crippen LogP contribution is -2.43. The molecule has 1 aliphatic rings. The van der Waals surface area contributed by atoms with Crippen LogP contribution in [0.5, 0.6) is 0 Å². The lowest BCUT2D eigenvalue weighted by Gasteiger charge is -2.36. The first kappa shape index (κ1) is 21.9. The molecule has 0 saturated carbocycles. The predicted molar refractivity (Wildman–Crippen MR) is 123 cm³/mol. The molecule has 0 spiro atoms. The molecule has 1 heterocycles. The van der Waals surface area contributed by atoms with Crippen LogP contribution in [-0.4, -0.2) is 37.2 Å². The smallest absolute Gasteiger partial charge is 0.105 e. The van der Waals surface area contributed by atoms with Gasteiger partial charge in [-0.2, -0.15) is 0 Å². The summed E-state index contributed by atoms with van der Waals surface area (Å²) in [5, 5.41) is 0. The SMILES string of the molecule is C[N+]1(C)Cc2ccccc2C[N+](C)(C)Cc2ccccc2C1.I.I. The zero-order valence-electron chi connectivity index (χ0n) is 15.2. The van der Waals surface area contributed by atoms with E-state index in [1.54, 1.807) is 0 Å². The number of fused-ring (bicyclic) bond motifs is 2. The monoisotopic (exact) mass is 552 g/mol. The number of hydrogen-bond acceptors (Lipinski definition) is 0. The van der Waals surface area contributed by atoms with Crippen molar-refractivity contribution in [2.75, 3.05) is 28.2 Å². The molecule has 0 N–H and O–H groups in total. The summed E-state index contributed by atoms with van der Waals surface area (Å²) in [5.41, 5.74) is 5.99. The van der Waals surface area contributed by atoms with Crippen molar-refractivity contribution in [1.82, 2.24) is 0 Å². The number of benzene rings is 2. The lowest BCUT2D eigenvalue weighted by atomic mass is 10.00. The molecule has 0 aliphatic carbocycles. The van der Waals surface area contributed by atoms with E-state index in [1.165, 1.54) is 22.3 Å². The van der Waals surface area contributed by atoms with Crippen LogP contribution in [0, 0.1) is 0 Å². The zero-order valence-corrected chi connectivity index (χ0v) is 19.8. The summed E-state index contributed by atoms with van der Waals surface area (Å²) in [6.45, 7) is 4.35. The van der Waals surface area contributed by atoms with E-state index >= 15 is 0 Å². The minimum Gasteiger partial charge on any atom is -0.321 e. The van der Waals surface area contributed by atoms with Gasteiger partial charge in [0.15, 0.2) is 0 Å². The molecule has 0 aromatic heterocycles. The highest BCUT2D eigenvalue weighted by Crippen LogP contribution is 2.26. The van der Waals surface area contributed by atoms with Gasteiger partial charge < -0.3 is 8.97 Å². The van der Waals surface area contributed by atoms with Gasteiger partial charge in [-0.25, -0.2) is 0 Å². The van der Waals surface area contributed by atoms with Crippen molar-refractivity contribution < 1.29 is 8.97 Å². The summed E-state index contributed by atoms with van der Waals surface area (Å²) in [7, 11) is 9.37. The number of rotatable bonds is 0. The molecule has 0 radical (unpaired) electrons. The van der Waals surface area contributed by atoms with E-state index in [0.717, 1.165) is 35.1 Å². The van der Waals surface area contributed by atoms with Crippen molar-refractivity contribution in [1.29, 1.82) is 0 Å². The van der Waals surface area contributed by atoms with Gasteiger partial charge in [-0.1, -0.05) is 48.5 Å². The first-order chi connectivity index (χ1) is 10.3. The van der Waals surface area contributed by atoms with Crippen molar-refractivity contribution in [2.24, 2.45) is 0 Å². The predicted octanol–water partition coefficient (Wildman–Crippen LogP) is 4.79. The summed E-state index contributed by atoms with van der Waals surface area (Å²) >= 11 is 0. The van der Waals surface area contributed by atoms with Gasteiger partial charge in [-0.15, -0.1) is 48.0 Å². The number of nitrogens with zero attached hydrogens (tertiary/aromatic N) is 2. The average molecular weight is 552 g/mol. The van der Waals surface area contributed by atoms with Crippen molar-refractivity contribution >= 4 is 48.0 Å². The second-order valence-corrected chi connectivity index (χ2v) is 8.04. The summed E-state index contributed by atoms with van der Waals surface area (Å²) in [6.07, 6.45) is 0. The Kier molecular flexibility index (Phi) is 7.71. The number of hydrogen-bond donors (Lipinski definition) is 0. The van der Waals surface area contributed by atoms with Crippen LogP contribution in [0.2, 0.25) is 0 Å². The Bertz CT molecular complexity index is 567. The summed E-state index contributed by atoms with van der Waals surface area (Å²) in [6, 6.07) is 17.9. The average Bonchev–Trinajstić information content (AvgIpc) is 2.41. The van der Waals surface area contributed by atoms with Crippen LogP contribution < -0.4 is 0 Å². The van der Waals surface area contributed by atoms with E-state index < -0.39 is 0 Å². The molecule has 1 aliphatic heterocycles. The fourth-order valence-electron chi connectivity index (χ4n) is 3.69. The van der Waals surface area contributed by atoms with Crippen molar-refractivity contribution in [3.8, 4) is 0 Å². The standard InChI is InChI=1S/C20H28N2.2HI/c1-21(2)13-17-9-5-7-11-19(17)15-22(3,4)16-20-12-8-6-10-18(20)14-21;;/h5-12H,13-16H2,1-4H3;2*1H/q+2;;. The summed E-state index contributed by atoms with van der Waals surface area (Å²) in [4.78, 5) is 0. The van der Waals surface area contributed by atoms with E-state index in [-0.39, 0.29) is 48.0 Å². The first-order valence-electron chi connectivity index (χ1n) is 8.12. The van der Waals surface area contributed by atoms with Crippen molar-refractivity contribution in [3.05, 3.63) is 70.8 Å². The lowest BCUT2D eigenvalue weighted by molar-refractivity contribution is -0.923. The molecular weight excluding hydrogens is 522 g/mol. The van der Waals surface area contributed by atoms with Crippen LogP contribution in [0.3, 0.4) is 0 Å². The van der Waals surface area contributed by atoms with E-state index in [4.69, 9.17) is 0 Å². The molecule has 2 aromatic carbocycles. The van der Waals surface area contributed by atoms with Crippen LogP contribution in [0.4, 0.5) is 0 Å². The largest absolute Gasteiger partial charge is 0.321 e. The Morgan fingerprint density at radius 1 is 0.500 bits per heavy atom. The van der Waals surface area contributed by atoms with Crippen LogP contribution >= 0.6 is 48.0 Å². The summed E-state index contributed by atoms with van der Waals surface area (Å²) in [5.74, 6) is 0. The molecule has 24 heavy (non-hydrogen) atoms. The van der Waals surface area contributed by atoms with E-state index in [1.807, 2.05) is 0 Å². The number of halogens is 2. The van der Waals surface area contributed by atoms with Gasteiger partial charge in [-0.3, -0.25) is 0 Å². The van der Waals surface area contributed by atoms with Crippen molar-refractivity contribution in [3.63, 3.8) is 0 Å². The second-order valence-electron chi connectivity index (χ2n) is 8.04. The molecular formula is C20H30I2N2+2. The molecule has 0 fully saturated rings. The molecule has 0 unspecified atom stereocenters. The highest BCUT2D eigenvalue weighted by Gasteiger charge is 2.27.